The molecule has 1 unspecified atom stereocenters. The second-order valence-electron chi connectivity index (χ2n) is 4.99. The van der Waals surface area contributed by atoms with E-state index in [2.05, 4.69) is 6.92 Å². The molecule has 0 amide bonds. The van der Waals surface area contributed by atoms with Crippen molar-refractivity contribution in [2.75, 3.05) is 6.61 Å². The van der Waals surface area contributed by atoms with E-state index in [0.29, 0.717) is 12.4 Å². The van der Waals surface area contributed by atoms with Crippen LogP contribution in [0, 0.1) is 0 Å². The van der Waals surface area contributed by atoms with Crippen molar-refractivity contribution >= 4 is 8.25 Å². The summed E-state index contributed by atoms with van der Waals surface area (Å²) in [7, 11) is -2.40. The largest absolute Gasteiger partial charge is 0.426 e. The van der Waals surface area contributed by atoms with Crippen LogP contribution in [0.4, 0.5) is 0 Å². The summed E-state index contributed by atoms with van der Waals surface area (Å²) in [5.74, 6) is 0.604. The van der Waals surface area contributed by atoms with Crippen molar-refractivity contribution in [2.24, 2.45) is 0 Å². The smallest absolute Gasteiger partial charge is 0.367 e. The molecule has 0 aliphatic rings. The van der Waals surface area contributed by atoms with Gasteiger partial charge in [0.05, 0.1) is 6.61 Å². The maximum atomic E-state index is 11.6. The summed E-state index contributed by atoms with van der Waals surface area (Å²) in [5, 5.41) is 0. The lowest BCUT2D eigenvalue weighted by atomic mass is 10.1. The van der Waals surface area contributed by atoms with Crippen molar-refractivity contribution in [3.8, 4) is 5.75 Å². The fraction of sp³-hybridized carbons (Fsp3) is 0.625. The highest BCUT2D eigenvalue weighted by Gasteiger charge is 2.01. The summed E-state index contributed by atoms with van der Waals surface area (Å²) >= 11 is 0. The maximum Gasteiger partial charge on any atom is 0.367 e. The lowest BCUT2D eigenvalue weighted by molar-refractivity contribution is 0.277. The van der Waals surface area contributed by atoms with Gasteiger partial charge >= 0.3 is 8.25 Å². The molecule has 20 heavy (non-hydrogen) atoms. The van der Waals surface area contributed by atoms with E-state index in [-0.39, 0.29) is 0 Å². The second-order valence-corrected chi connectivity index (χ2v) is 5.98. The first-order chi connectivity index (χ1) is 9.83. The van der Waals surface area contributed by atoms with Gasteiger partial charge in [0, 0.05) is 0 Å². The van der Waals surface area contributed by atoms with Gasteiger partial charge in [-0.15, -0.1) is 0 Å². The van der Waals surface area contributed by atoms with Crippen LogP contribution in [0.3, 0.4) is 0 Å². The Morgan fingerprint density at radius 1 is 0.900 bits per heavy atom. The molecule has 0 aliphatic heterocycles. The Morgan fingerprint density at radius 3 is 2.15 bits per heavy atom. The molecule has 0 saturated heterocycles. The van der Waals surface area contributed by atoms with Crippen molar-refractivity contribution in [3.63, 3.8) is 0 Å². The Morgan fingerprint density at radius 2 is 1.50 bits per heavy atom. The van der Waals surface area contributed by atoms with Gasteiger partial charge in [-0.2, -0.15) is 0 Å². The molecule has 0 aliphatic carbocycles. The molecular formula is C16H27O3P. The van der Waals surface area contributed by atoms with E-state index in [1.807, 2.05) is 18.2 Å². The average Bonchev–Trinajstić information content (AvgIpc) is 2.46. The molecule has 4 heteroatoms. The van der Waals surface area contributed by atoms with Gasteiger partial charge in [-0.25, -0.2) is 4.57 Å². The Bertz CT molecular complexity index is 354. The summed E-state index contributed by atoms with van der Waals surface area (Å²) < 4.78 is 22.0. The molecule has 1 aromatic rings. The van der Waals surface area contributed by atoms with E-state index in [1.54, 1.807) is 12.1 Å². The number of hydrogen-bond donors (Lipinski definition) is 0. The first-order valence-electron chi connectivity index (χ1n) is 7.72. The number of unbranched alkanes of at least 4 members (excludes halogenated alkanes) is 7. The zero-order valence-electron chi connectivity index (χ0n) is 12.5. The lowest BCUT2D eigenvalue weighted by Gasteiger charge is -2.06. The predicted molar refractivity (Wildman–Crippen MR) is 84.6 cm³/mol. The van der Waals surface area contributed by atoms with Crippen LogP contribution in [0.1, 0.15) is 58.3 Å². The fourth-order valence-corrected chi connectivity index (χ4v) is 2.70. The van der Waals surface area contributed by atoms with E-state index >= 15 is 0 Å². The highest BCUT2D eigenvalue weighted by Crippen LogP contribution is 2.27. The SMILES string of the molecule is CCCCCCCCCCO[PH](=O)Oc1ccccc1. The topological polar surface area (TPSA) is 35.5 Å². The molecule has 0 heterocycles. The minimum atomic E-state index is -2.40. The van der Waals surface area contributed by atoms with Gasteiger partial charge in [0.25, 0.3) is 0 Å². The molecule has 1 rings (SSSR count). The minimum Gasteiger partial charge on any atom is -0.426 e. The Hall–Kier alpha value is -0.790. The quantitative estimate of drug-likeness (QED) is 0.371. The molecule has 0 radical (unpaired) electrons. The summed E-state index contributed by atoms with van der Waals surface area (Å²) in [5.41, 5.74) is 0. The third-order valence-corrected chi connectivity index (χ3v) is 4.00. The van der Waals surface area contributed by atoms with Crippen LogP contribution in [-0.4, -0.2) is 6.61 Å². The molecule has 3 nitrogen and oxygen atoms in total. The van der Waals surface area contributed by atoms with E-state index in [0.717, 1.165) is 12.8 Å². The number of hydrogen-bond acceptors (Lipinski definition) is 3. The van der Waals surface area contributed by atoms with Gasteiger partial charge in [0.2, 0.25) is 0 Å². The van der Waals surface area contributed by atoms with Crippen molar-refractivity contribution in [2.45, 2.75) is 58.3 Å². The van der Waals surface area contributed by atoms with E-state index in [4.69, 9.17) is 9.05 Å². The number of rotatable bonds is 12. The molecule has 1 aromatic carbocycles. The lowest BCUT2D eigenvalue weighted by Crippen LogP contribution is -1.91. The van der Waals surface area contributed by atoms with Crippen molar-refractivity contribution in [1.29, 1.82) is 0 Å². The summed E-state index contributed by atoms with van der Waals surface area (Å²) in [6, 6.07) is 9.15. The first-order valence-corrected chi connectivity index (χ1v) is 8.95. The van der Waals surface area contributed by atoms with Gasteiger partial charge in [0.1, 0.15) is 5.75 Å². The van der Waals surface area contributed by atoms with Crippen LogP contribution in [-0.2, 0) is 9.09 Å². The van der Waals surface area contributed by atoms with Gasteiger partial charge in [0.15, 0.2) is 0 Å². The number of benzene rings is 1. The van der Waals surface area contributed by atoms with Crippen LogP contribution >= 0.6 is 8.25 Å². The first kappa shape index (κ1) is 17.3. The van der Waals surface area contributed by atoms with Gasteiger partial charge < -0.3 is 9.05 Å². The highest BCUT2D eigenvalue weighted by atomic mass is 31.1. The van der Waals surface area contributed by atoms with Crippen LogP contribution in [0.2, 0.25) is 0 Å². The third-order valence-electron chi connectivity index (χ3n) is 3.16. The van der Waals surface area contributed by atoms with Crippen LogP contribution in [0.25, 0.3) is 0 Å². The average molecular weight is 298 g/mol. The zero-order valence-corrected chi connectivity index (χ0v) is 13.5. The summed E-state index contributed by atoms with van der Waals surface area (Å²) in [4.78, 5) is 0. The second kappa shape index (κ2) is 12.0. The van der Waals surface area contributed by atoms with E-state index in [1.165, 1.54) is 38.5 Å². The molecule has 114 valence electrons. The molecular weight excluding hydrogens is 271 g/mol. The maximum absolute atomic E-state index is 11.6. The molecule has 0 N–H and O–H groups in total. The summed E-state index contributed by atoms with van der Waals surface area (Å²) in [6.07, 6.45) is 9.98. The Labute approximate surface area is 123 Å². The monoisotopic (exact) mass is 298 g/mol. The van der Waals surface area contributed by atoms with Crippen molar-refractivity contribution < 1.29 is 13.6 Å². The molecule has 0 fully saturated rings. The van der Waals surface area contributed by atoms with Crippen molar-refractivity contribution in [1.82, 2.24) is 0 Å². The molecule has 0 saturated carbocycles. The van der Waals surface area contributed by atoms with Crippen LogP contribution in [0.15, 0.2) is 30.3 Å². The molecule has 0 aromatic heterocycles. The normalized spacial score (nSPS) is 12.2. The van der Waals surface area contributed by atoms with Crippen LogP contribution < -0.4 is 4.52 Å². The van der Waals surface area contributed by atoms with Crippen molar-refractivity contribution in [3.05, 3.63) is 30.3 Å². The standard InChI is InChI=1S/C16H27O3P/c1-2-3-4-5-6-7-8-12-15-18-20(17)19-16-13-10-9-11-14-16/h9-11,13-14,20H,2-8,12,15H2,1H3. The third kappa shape index (κ3) is 9.17. The van der Waals surface area contributed by atoms with Gasteiger partial charge in [-0.3, -0.25) is 0 Å². The summed E-state index contributed by atoms with van der Waals surface area (Å²) in [6.45, 7) is 2.76. The molecule has 1 atom stereocenters. The van der Waals surface area contributed by atoms with Gasteiger partial charge in [-0.1, -0.05) is 70.1 Å². The molecule has 0 bridgehead atoms. The molecule has 0 spiro atoms. The highest BCUT2D eigenvalue weighted by molar-refractivity contribution is 7.33. The zero-order chi connectivity index (χ0) is 14.5. The van der Waals surface area contributed by atoms with Crippen LogP contribution in [0.5, 0.6) is 5.75 Å². The van der Waals surface area contributed by atoms with E-state index in [9.17, 15) is 4.57 Å². The predicted octanol–water partition coefficient (Wildman–Crippen LogP) is 5.61. The Kier molecular flexibility index (Phi) is 10.3. The van der Waals surface area contributed by atoms with E-state index < -0.39 is 8.25 Å². The Balaban J connectivity index is 1.92. The van der Waals surface area contributed by atoms with Gasteiger partial charge in [-0.05, 0) is 18.6 Å². The number of para-hydroxylation sites is 1. The minimum absolute atomic E-state index is 0.527. The fourth-order valence-electron chi connectivity index (χ4n) is 2.01.